The van der Waals surface area contributed by atoms with Crippen molar-refractivity contribution in [1.29, 1.82) is 0 Å². The number of ether oxygens (including phenoxy) is 2. The van der Waals surface area contributed by atoms with Gasteiger partial charge in [0.05, 0.1) is 7.11 Å². The summed E-state index contributed by atoms with van der Waals surface area (Å²) >= 11 is 0. The molecule has 0 radical (unpaired) electrons. The molecule has 2 aromatic heterocycles. The molecule has 7 nitrogen and oxygen atoms in total. The number of halogens is 3. The molecule has 0 amide bonds. The number of pyridine rings is 1. The van der Waals surface area contributed by atoms with Crippen molar-refractivity contribution >= 4 is 22.3 Å². The Morgan fingerprint density at radius 3 is 2.60 bits per heavy atom. The van der Waals surface area contributed by atoms with Crippen LogP contribution in [-0.2, 0) is 4.74 Å². The van der Waals surface area contributed by atoms with Crippen molar-refractivity contribution in [3.8, 4) is 5.75 Å². The van der Waals surface area contributed by atoms with E-state index in [-0.39, 0.29) is 23.9 Å². The topological polar surface area (TPSA) is 73.5 Å². The van der Waals surface area contributed by atoms with Crippen LogP contribution in [0.1, 0.15) is 50.7 Å². The van der Waals surface area contributed by atoms with Gasteiger partial charge in [-0.2, -0.15) is 4.98 Å². The summed E-state index contributed by atoms with van der Waals surface area (Å²) in [7, 11) is 1.63. The second-order valence-electron chi connectivity index (χ2n) is 8.18. The molecule has 35 heavy (non-hydrogen) atoms. The third-order valence-corrected chi connectivity index (χ3v) is 5.98. The van der Waals surface area contributed by atoms with E-state index >= 15 is 0 Å². The zero-order valence-electron chi connectivity index (χ0n) is 19.8. The number of piperidine rings is 1. The maximum Gasteiger partial charge on any atom is 0.572 e. The maximum atomic E-state index is 12.6. The van der Waals surface area contributed by atoms with Crippen LogP contribution in [0.3, 0.4) is 0 Å². The predicted molar refractivity (Wildman–Crippen MR) is 126 cm³/mol. The highest BCUT2D eigenvalue weighted by molar-refractivity contribution is 5.86. The van der Waals surface area contributed by atoms with Gasteiger partial charge in [0.1, 0.15) is 22.8 Å². The number of aromatic nitrogens is 3. The second kappa shape index (κ2) is 10.4. The Hall–Kier alpha value is -3.56. The first-order chi connectivity index (χ1) is 16.8. The van der Waals surface area contributed by atoms with Crippen LogP contribution in [0.4, 0.5) is 19.0 Å². The number of para-hydroxylation sites is 1. The summed E-state index contributed by atoms with van der Waals surface area (Å²) in [5, 5.41) is 5.02. The molecule has 3 aromatic rings. The van der Waals surface area contributed by atoms with E-state index in [9.17, 15) is 13.2 Å². The Bertz CT molecular complexity index is 1230. The highest BCUT2D eigenvalue weighted by atomic mass is 19.4. The zero-order chi connectivity index (χ0) is 25.0. The monoisotopic (exact) mass is 488 g/mol. The van der Waals surface area contributed by atoms with Gasteiger partial charge in [-0.1, -0.05) is 30.3 Å². The molecule has 1 aliphatic rings. The lowest BCUT2D eigenvalue weighted by Crippen LogP contribution is -2.33. The summed E-state index contributed by atoms with van der Waals surface area (Å²) in [5.41, 5.74) is 1.23. The molecule has 1 saturated heterocycles. The smallest absolute Gasteiger partial charge is 0.494 e. The third kappa shape index (κ3) is 5.75. The molecule has 0 N–H and O–H groups in total. The molecule has 0 saturated carbocycles. The Morgan fingerprint density at radius 1 is 1.17 bits per heavy atom. The van der Waals surface area contributed by atoms with E-state index in [4.69, 9.17) is 14.2 Å². The number of benzene rings is 1. The molecule has 0 aliphatic carbocycles. The van der Waals surface area contributed by atoms with Gasteiger partial charge < -0.3 is 18.9 Å². The van der Waals surface area contributed by atoms with Gasteiger partial charge in [0.25, 0.3) is 0 Å². The van der Waals surface area contributed by atoms with Crippen LogP contribution < -0.4 is 9.64 Å². The fourth-order valence-electron chi connectivity index (χ4n) is 4.13. The van der Waals surface area contributed by atoms with Gasteiger partial charge in [-0.05, 0) is 44.0 Å². The zero-order valence-corrected chi connectivity index (χ0v) is 19.8. The number of methoxy groups -OCH3 is 1. The summed E-state index contributed by atoms with van der Waals surface area (Å²) in [6, 6.07) is 9.88. The fraction of sp³-hybridized carbons (Fsp3) is 0.400. The Kier molecular flexibility index (Phi) is 7.28. The quantitative estimate of drug-likeness (QED) is 0.288. The van der Waals surface area contributed by atoms with E-state index in [2.05, 4.69) is 19.8 Å². The molecule has 10 heteroatoms. The van der Waals surface area contributed by atoms with Gasteiger partial charge in [0.15, 0.2) is 0 Å². The van der Waals surface area contributed by atoms with Crippen molar-refractivity contribution in [2.45, 2.75) is 45.4 Å². The van der Waals surface area contributed by atoms with Crippen LogP contribution in [0.15, 0.2) is 52.8 Å². The largest absolute Gasteiger partial charge is 0.572 e. The average molecular weight is 489 g/mol. The third-order valence-electron chi connectivity index (χ3n) is 5.98. The van der Waals surface area contributed by atoms with Crippen LogP contribution in [0, 0.1) is 0 Å². The molecule has 186 valence electrons. The molecular weight excluding hydrogens is 461 g/mol. The number of hydrogen-bond donors (Lipinski definition) is 0. The summed E-state index contributed by atoms with van der Waals surface area (Å²) in [5.74, 6) is 2.18. The van der Waals surface area contributed by atoms with E-state index in [0.29, 0.717) is 11.5 Å². The standard InChI is InChI=1S/C25H27F3N4O3/c1-4-16(15-19(5-2)34-25(26,27)28)23-30-24(35-31-23)18-11-13-32(14-12-18)21-10-9-17-7-6-8-20(33-3)22(17)29-21/h4,6-10,15,18H,5,11-14H2,1-3H3/b16-4+,19-15+. The van der Waals surface area contributed by atoms with Crippen LogP contribution >= 0.6 is 0 Å². The van der Waals surface area contributed by atoms with Gasteiger partial charge in [-0.15, -0.1) is 13.2 Å². The highest BCUT2D eigenvalue weighted by Gasteiger charge is 2.32. The van der Waals surface area contributed by atoms with Gasteiger partial charge in [0, 0.05) is 36.4 Å². The van der Waals surface area contributed by atoms with Crippen LogP contribution in [0.5, 0.6) is 5.75 Å². The molecule has 1 aromatic carbocycles. The van der Waals surface area contributed by atoms with Crippen molar-refractivity contribution in [2.24, 2.45) is 0 Å². The van der Waals surface area contributed by atoms with Gasteiger partial charge in [-0.3, -0.25) is 0 Å². The van der Waals surface area contributed by atoms with Crippen LogP contribution in [0.25, 0.3) is 16.5 Å². The van der Waals surface area contributed by atoms with Gasteiger partial charge >= 0.3 is 6.36 Å². The maximum absolute atomic E-state index is 12.6. The first kappa shape index (κ1) is 24.6. The van der Waals surface area contributed by atoms with Crippen molar-refractivity contribution in [3.05, 3.63) is 60.0 Å². The van der Waals surface area contributed by atoms with Crippen LogP contribution in [0.2, 0.25) is 0 Å². The minimum absolute atomic E-state index is 0.0571. The van der Waals surface area contributed by atoms with Crippen molar-refractivity contribution in [3.63, 3.8) is 0 Å². The molecule has 1 aliphatic heterocycles. The molecule has 0 unspecified atom stereocenters. The Balaban J connectivity index is 1.44. The first-order valence-corrected chi connectivity index (χ1v) is 11.5. The summed E-state index contributed by atoms with van der Waals surface area (Å²) in [6.45, 7) is 4.80. The molecular formula is C25H27F3N4O3. The lowest BCUT2D eigenvalue weighted by atomic mass is 9.96. The molecule has 0 atom stereocenters. The molecule has 0 bridgehead atoms. The lowest BCUT2D eigenvalue weighted by molar-refractivity contribution is -0.306. The van der Waals surface area contributed by atoms with Gasteiger partial charge in [0.2, 0.25) is 11.7 Å². The first-order valence-electron chi connectivity index (χ1n) is 11.5. The van der Waals surface area contributed by atoms with Crippen molar-refractivity contribution in [2.75, 3.05) is 25.1 Å². The molecule has 4 rings (SSSR count). The van der Waals surface area contributed by atoms with E-state index in [1.165, 1.54) is 6.08 Å². The number of nitrogens with zero attached hydrogens (tertiary/aromatic N) is 4. The summed E-state index contributed by atoms with van der Waals surface area (Å²) in [6.07, 6.45) is -0.176. The minimum Gasteiger partial charge on any atom is -0.494 e. The second-order valence-corrected chi connectivity index (χ2v) is 8.18. The normalized spacial score (nSPS) is 16.1. The predicted octanol–water partition coefficient (Wildman–Crippen LogP) is 6.24. The summed E-state index contributed by atoms with van der Waals surface area (Å²) < 4.78 is 52.9. The number of rotatable bonds is 7. The Labute approximate surface area is 201 Å². The van der Waals surface area contributed by atoms with Crippen molar-refractivity contribution in [1.82, 2.24) is 15.1 Å². The number of hydrogen-bond acceptors (Lipinski definition) is 7. The Morgan fingerprint density at radius 2 is 1.94 bits per heavy atom. The molecule has 3 heterocycles. The lowest BCUT2D eigenvalue weighted by Gasteiger charge is -2.31. The van der Waals surface area contributed by atoms with E-state index in [1.807, 2.05) is 30.3 Å². The van der Waals surface area contributed by atoms with E-state index in [0.717, 1.165) is 48.4 Å². The number of allylic oxidation sites excluding steroid dienone is 4. The van der Waals surface area contributed by atoms with Crippen molar-refractivity contribution < 1.29 is 27.2 Å². The van der Waals surface area contributed by atoms with E-state index < -0.39 is 6.36 Å². The molecule has 1 fully saturated rings. The summed E-state index contributed by atoms with van der Waals surface area (Å²) in [4.78, 5) is 11.5. The van der Waals surface area contributed by atoms with Gasteiger partial charge in [-0.25, -0.2) is 4.98 Å². The highest BCUT2D eigenvalue weighted by Crippen LogP contribution is 2.32. The fourth-order valence-corrected chi connectivity index (χ4v) is 4.13. The van der Waals surface area contributed by atoms with E-state index in [1.54, 1.807) is 27.0 Å². The van der Waals surface area contributed by atoms with Crippen LogP contribution in [-0.4, -0.2) is 41.7 Å². The number of fused-ring (bicyclic) bond motifs is 1. The average Bonchev–Trinajstić information content (AvgIpc) is 3.35. The molecule has 0 spiro atoms. The SMILES string of the molecule is C/C=C(\C=C(/CC)OC(F)(F)F)c1noc(C2CCN(c3ccc4cccc(OC)c4n3)CC2)n1. The number of alkyl halides is 3. The number of anilines is 1. The minimum atomic E-state index is -4.75.